The minimum absolute atomic E-state index is 0.0158. The van der Waals surface area contributed by atoms with Crippen LogP contribution in [0.3, 0.4) is 0 Å². The van der Waals surface area contributed by atoms with Crippen LogP contribution in [0.4, 0.5) is 11.4 Å². The number of aliphatic hydroxyl groups excluding tert-OH is 1. The molecule has 0 spiro atoms. The van der Waals surface area contributed by atoms with Crippen LogP contribution in [0.25, 0.3) is 0 Å². The lowest BCUT2D eigenvalue weighted by Crippen LogP contribution is -2.40. The third-order valence-corrected chi connectivity index (χ3v) is 4.77. The number of aromatic amines is 1. The summed E-state index contributed by atoms with van der Waals surface area (Å²) in [4.78, 5) is 32.9. The van der Waals surface area contributed by atoms with E-state index < -0.39 is 11.2 Å². The molecule has 3 rings (SSSR count). The summed E-state index contributed by atoms with van der Waals surface area (Å²) in [6, 6.07) is 7.72. The topological polar surface area (TPSA) is 90.7 Å². The Hall–Kier alpha value is -2.32. The van der Waals surface area contributed by atoms with Crippen molar-refractivity contribution in [1.82, 2.24) is 9.55 Å². The standard InChI is InChI=1S/C16H18N4O3S/c1-10-3-5-11(6-4-10)20-13-12(9-17-16(20)24-8-7-21)19(2)15(23)18-14(13)22/h3-6,21H,7-9H2,1-2H3,(H,18,22,23). The van der Waals surface area contributed by atoms with Crippen molar-refractivity contribution in [1.29, 1.82) is 0 Å². The zero-order chi connectivity index (χ0) is 17.3. The second-order valence-corrected chi connectivity index (χ2v) is 6.52. The Morgan fingerprint density at radius 2 is 2.00 bits per heavy atom. The lowest BCUT2D eigenvalue weighted by molar-refractivity contribution is 0.323. The van der Waals surface area contributed by atoms with Gasteiger partial charge in [0, 0.05) is 18.5 Å². The summed E-state index contributed by atoms with van der Waals surface area (Å²) in [6.45, 7) is 2.25. The van der Waals surface area contributed by atoms with Gasteiger partial charge >= 0.3 is 5.69 Å². The van der Waals surface area contributed by atoms with Crippen LogP contribution in [0.5, 0.6) is 0 Å². The summed E-state index contributed by atoms with van der Waals surface area (Å²) in [7, 11) is 1.62. The van der Waals surface area contributed by atoms with Gasteiger partial charge in [0.1, 0.15) is 5.69 Å². The monoisotopic (exact) mass is 346 g/mol. The predicted molar refractivity (Wildman–Crippen MR) is 96.3 cm³/mol. The normalized spacial score (nSPS) is 13.6. The van der Waals surface area contributed by atoms with E-state index in [0.717, 1.165) is 11.3 Å². The first-order valence-electron chi connectivity index (χ1n) is 7.50. The van der Waals surface area contributed by atoms with Gasteiger partial charge in [-0.2, -0.15) is 0 Å². The minimum atomic E-state index is -0.454. The summed E-state index contributed by atoms with van der Waals surface area (Å²) in [5, 5.41) is 9.74. The smallest absolute Gasteiger partial charge is 0.328 e. The van der Waals surface area contributed by atoms with E-state index in [4.69, 9.17) is 5.11 Å². The molecule has 0 radical (unpaired) electrons. The van der Waals surface area contributed by atoms with Crippen LogP contribution in [0.15, 0.2) is 38.8 Å². The largest absolute Gasteiger partial charge is 0.396 e. The van der Waals surface area contributed by atoms with E-state index in [1.165, 1.54) is 16.3 Å². The molecule has 0 saturated carbocycles. The van der Waals surface area contributed by atoms with E-state index in [0.29, 0.717) is 22.3 Å². The van der Waals surface area contributed by atoms with Gasteiger partial charge in [-0.05, 0) is 19.1 Å². The highest BCUT2D eigenvalue weighted by Gasteiger charge is 2.28. The van der Waals surface area contributed by atoms with Crippen molar-refractivity contribution in [2.24, 2.45) is 12.0 Å². The van der Waals surface area contributed by atoms with Gasteiger partial charge in [-0.25, -0.2) is 4.79 Å². The van der Waals surface area contributed by atoms with E-state index in [9.17, 15) is 9.59 Å². The average Bonchev–Trinajstić information content (AvgIpc) is 2.58. The fourth-order valence-corrected chi connectivity index (χ4v) is 3.31. The number of aliphatic hydroxyl groups is 1. The molecule has 0 atom stereocenters. The highest BCUT2D eigenvalue weighted by atomic mass is 32.2. The van der Waals surface area contributed by atoms with E-state index in [2.05, 4.69) is 9.98 Å². The Kier molecular flexibility index (Phi) is 4.59. The van der Waals surface area contributed by atoms with Crippen LogP contribution >= 0.6 is 11.8 Å². The number of amidine groups is 1. The first kappa shape index (κ1) is 16.5. The van der Waals surface area contributed by atoms with Crippen LogP contribution < -0.4 is 16.1 Å². The highest BCUT2D eigenvalue weighted by molar-refractivity contribution is 8.14. The maximum Gasteiger partial charge on any atom is 0.328 e. The molecule has 24 heavy (non-hydrogen) atoms. The van der Waals surface area contributed by atoms with Gasteiger partial charge in [-0.1, -0.05) is 29.5 Å². The summed E-state index contributed by atoms with van der Waals surface area (Å²) in [6.07, 6.45) is 0. The number of aromatic nitrogens is 2. The van der Waals surface area contributed by atoms with Gasteiger partial charge < -0.3 is 5.11 Å². The van der Waals surface area contributed by atoms with Crippen molar-refractivity contribution in [2.45, 2.75) is 13.5 Å². The number of nitrogens with zero attached hydrogens (tertiary/aromatic N) is 3. The fourth-order valence-electron chi connectivity index (χ4n) is 2.55. The number of aliphatic imine (C=N–C) groups is 1. The number of hydrogen-bond acceptors (Lipinski definition) is 6. The van der Waals surface area contributed by atoms with Crippen LogP contribution in [0, 0.1) is 6.92 Å². The lowest BCUT2D eigenvalue weighted by atomic mass is 10.2. The molecule has 0 fully saturated rings. The summed E-state index contributed by atoms with van der Waals surface area (Å²) in [5.74, 6) is 0.472. The third-order valence-electron chi connectivity index (χ3n) is 3.81. The molecule has 126 valence electrons. The number of benzene rings is 1. The quantitative estimate of drug-likeness (QED) is 0.869. The minimum Gasteiger partial charge on any atom is -0.396 e. The van der Waals surface area contributed by atoms with Gasteiger partial charge in [-0.3, -0.25) is 24.2 Å². The molecule has 0 unspecified atom stereocenters. The number of aryl methyl sites for hydroxylation is 1. The van der Waals surface area contributed by atoms with Crippen molar-refractivity contribution in [3.05, 3.63) is 56.4 Å². The molecule has 0 aliphatic carbocycles. The van der Waals surface area contributed by atoms with E-state index in [1.807, 2.05) is 31.2 Å². The number of rotatable bonds is 3. The Bertz CT molecular complexity index is 899. The molecule has 1 aromatic heterocycles. The van der Waals surface area contributed by atoms with Crippen molar-refractivity contribution in [2.75, 3.05) is 17.3 Å². The summed E-state index contributed by atoms with van der Waals surface area (Å²) in [5.41, 5.74) is 1.96. The fraction of sp³-hybridized carbons (Fsp3) is 0.312. The molecule has 1 aromatic carbocycles. The zero-order valence-corrected chi connectivity index (χ0v) is 14.3. The Balaban J connectivity index is 2.20. The number of thioether (sulfide) groups is 1. The molecule has 8 heteroatoms. The SMILES string of the molecule is Cc1ccc(N2C(SCCO)=NCc3c2c(=O)[nH]c(=O)n3C)cc1. The van der Waals surface area contributed by atoms with Crippen molar-refractivity contribution >= 4 is 28.3 Å². The third kappa shape index (κ3) is 2.90. The van der Waals surface area contributed by atoms with Gasteiger partial charge in [0.05, 0.1) is 18.8 Å². The maximum atomic E-state index is 12.5. The second-order valence-electron chi connectivity index (χ2n) is 5.46. The Labute approximate surface area is 142 Å². The molecular weight excluding hydrogens is 328 g/mol. The number of fused-ring (bicyclic) bond motifs is 1. The molecule has 2 heterocycles. The van der Waals surface area contributed by atoms with Crippen LogP contribution in [-0.2, 0) is 13.6 Å². The van der Waals surface area contributed by atoms with E-state index >= 15 is 0 Å². The molecule has 0 amide bonds. The molecule has 0 bridgehead atoms. The van der Waals surface area contributed by atoms with Crippen LogP contribution in [0.1, 0.15) is 11.3 Å². The second kappa shape index (κ2) is 6.66. The van der Waals surface area contributed by atoms with E-state index in [-0.39, 0.29) is 13.2 Å². The number of hydrogen-bond donors (Lipinski definition) is 2. The molecule has 1 aliphatic rings. The summed E-state index contributed by atoms with van der Waals surface area (Å²) >= 11 is 1.37. The van der Waals surface area contributed by atoms with Crippen molar-refractivity contribution in [3.8, 4) is 0 Å². The molecule has 1 aliphatic heterocycles. The first-order chi connectivity index (χ1) is 11.5. The van der Waals surface area contributed by atoms with Gasteiger partial charge in [-0.15, -0.1) is 0 Å². The van der Waals surface area contributed by atoms with E-state index in [1.54, 1.807) is 11.9 Å². The number of nitrogens with one attached hydrogen (secondary N) is 1. The lowest BCUT2D eigenvalue weighted by Gasteiger charge is -2.30. The average molecular weight is 346 g/mol. The molecule has 2 aromatic rings. The molecular formula is C16H18N4O3S. The predicted octanol–water partition coefficient (Wildman–Crippen LogP) is 1.12. The van der Waals surface area contributed by atoms with Gasteiger partial charge in [0.25, 0.3) is 5.56 Å². The summed E-state index contributed by atoms with van der Waals surface area (Å²) < 4.78 is 1.41. The zero-order valence-electron chi connectivity index (χ0n) is 13.4. The molecule has 7 nitrogen and oxygen atoms in total. The van der Waals surface area contributed by atoms with Crippen molar-refractivity contribution < 1.29 is 5.11 Å². The van der Waals surface area contributed by atoms with Gasteiger partial charge in [0.2, 0.25) is 0 Å². The molecule has 2 N–H and O–H groups in total. The molecule has 0 saturated heterocycles. The van der Waals surface area contributed by atoms with Crippen LogP contribution in [0.2, 0.25) is 0 Å². The number of H-pyrrole nitrogens is 1. The maximum absolute atomic E-state index is 12.5. The Morgan fingerprint density at radius 1 is 1.29 bits per heavy atom. The first-order valence-corrected chi connectivity index (χ1v) is 8.48. The van der Waals surface area contributed by atoms with Crippen LogP contribution in [-0.4, -0.2) is 32.2 Å². The van der Waals surface area contributed by atoms with Crippen molar-refractivity contribution in [3.63, 3.8) is 0 Å². The Morgan fingerprint density at radius 3 is 2.67 bits per heavy atom. The van der Waals surface area contributed by atoms with Gasteiger partial charge in [0.15, 0.2) is 5.17 Å². The number of anilines is 2. The highest BCUT2D eigenvalue weighted by Crippen LogP contribution is 2.32.